The zero-order chi connectivity index (χ0) is 9.71. The lowest BCUT2D eigenvalue weighted by Crippen LogP contribution is -2.02. The Hall–Kier alpha value is -1.11. The second kappa shape index (κ2) is 2.69. The fourth-order valence-electron chi connectivity index (χ4n) is 2.38. The summed E-state index contributed by atoms with van der Waals surface area (Å²) >= 11 is 0. The molecular weight excluding hydrogens is 172 g/mol. The molecule has 1 fully saturated rings. The minimum Gasteiger partial charge on any atom is -0.294 e. The lowest BCUT2D eigenvalue weighted by Gasteiger charge is -2.01. The predicted octanol–water partition coefficient (Wildman–Crippen LogP) is 2.94. The van der Waals surface area contributed by atoms with Gasteiger partial charge in [0.25, 0.3) is 0 Å². The molecule has 0 saturated heterocycles. The van der Waals surface area contributed by atoms with E-state index in [1.54, 1.807) is 0 Å². The maximum Gasteiger partial charge on any atom is 0.166 e. The molecule has 72 valence electrons. The van der Waals surface area contributed by atoms with E-state index in [9.17, 15) is 4.79 Å². The van der Waals surface area contributed by atoms with Crippen molar-refractivity contribution in [2.24, 2.45) is 5.92 Å². The highest BCUT2D eigenvalue weighted by Crippen LogP contribution is 2.41. The fourth-order valence-corrected chi connectivity index (χ4v) is 2.38. The van der Waals surface area contributed by atoms with Crippen molar-refractivity contribution in [3.05, 3.63) is 34.9 Å². The van der Waals surface area contributed by atoms with Gasteiger partial charge in [-0.25, -0.2) is 0 Å². The van der Waals surface area contributed by atoms with Gasteiger partial charge in [0, 0.05) is 11.5 Å². The van der Waals surface area contributed by atoms with Crippen LogP contribution in [-0.2, 0) is 6.42 Å². The third-order valence-corrected chi connectivity index (χ3v) is 3.42. The summed E-state index contributed by atoms with van der Waals surface area (Å²) in [5.74, 6) is 1.34. The van der Waals surface area contributed by atoms with Crippen molar-refractivity contribution in [1.82, 2.24) is 0 Å². The number of benzene rings is 1. The molecule has 0 aromatic heterocycles. The zero-order valence-corrected chi connectivity index (χ0v) is 8.42. The summed E-state index contributed by atoms with van der Waals surface area (Å²) in [6.45, 7) is 2.03. The lowest BCUT2D eigenvalue weighted by molar-refractivity contribution is 0.0946. The Bertz CT molecular complexity index is 402. The average molecular weight is 186 g/mol. The number of rotatable bonds is 1. The number of Topliss-reactive ketones (excluding diaryl/α,β-unsaturated/α-hetero) is 1. The maximum absolute atomic E-state index is 11.7. The van der Waals surface area contributed by atoms with E-state index in [0.29, 0.717) is 5.78 Å². The first-order valence-corrected chi connectivity index (χ1v) is 5.43. The van der Waals surface area contributed by atoms with E-state index in [2.05, 4.69) is 12.1 Å². The summed E-state index contributed by atoms with van der Waals surface area (Å²) in [6.07, 6.45) is 3.62. The van der Waals surface area contributed by atoms with Crippen LogP contribution in [0.25, 0.3) is 0 Å². The first kappa shape index (κ1) is 8.22. The summed E-state index contributed by atoms with van der Waals surface area (Å²) in [5.41, 5.74) is 3.71. The van der Waals surface area contributed by atoms with Crippen LogP contribution in [-0.4, -0.2) is 5.78 Å². The Morgan fingerprint density at radius 1 is 1.29 bits per heavy atom. The molecule has 1 heteroatoms. The topological polar surface area (TPSA) is 17.1 Å². The molecule has 1 aromatic rings. The average Bonchev–Trinajstić information content (AvgIpc) is 2.96. The number of hydrogen-bond acceptors (Lipinski definition) is 1. The van der Waals surface area contributed by atoms with Gasteiger partial charge in [-0.1, -0.05) is 25.1 Å². The molecule has 3 rings (SSSR count). The van der Waals surface area contributed by atoms with Crippen LogP contribution >= 0.6 is 0 Å². The van der Waals surface area contributed by atoms with Crippen molar-refractivity contribution in [3.63, 3.8) is 0 Å². The van der Waals surface area contributed by atoms with Crippen LogP contribution in [0.1, 0.15) is 47.2 Å². The molecule has 1 saturated carbocycles. The Balaban J connectivity index is 2.04. The van der Waals surface area contributed by atoms with Gasteiger partial charge in [-0.15, -0.1) is 0 Å². The first-order chi connectivity index (χ1) is 6.75. The van der Waals surface area contributed by atoms with Gasteiger partial charge in [0.1, 0.15) is 0 Å². The molecule has 0 bridgehead atoms. The summed E-state index contributed by atoms with van der Waals surface area (Å²) in [7, 11) is 0. The van der Waals surface area contributed by atoms with Gasteiger partial charge in [-0.2, -0.15) is 0 Å². The van der Waals surface area contributed by atoms with E-state index in [1.165, 1.54) is 24.0 Å². The van der Waals surface area contributed by atoms with Crippen molar-refractivity contribution >= 4 is 5.78 Å². The molecule has 0 heterocycles. The smallest absolute Gasteiger partial charge is 0.166 e. The highest BCUT2D eigenvalue weighted by molar-refractivity contribution is 6.02. The van der Waals surface area contributed by atoms with Crippen LogP contribution in [0.4, 0.5) is 0 Å². The van der Waals surface area contributed by atoms with Gasteiger partial charge in [-0.05, 0) is 36.3 Å². The minimum absolute atomic E-state index is 0.208. The van der Waals surface area contributed by atoms with Crippen LogP contribution in [0.3, 0.4) is 0 Å². The standard InChI is InChI=1S/C13H14O/c1-8-6-11-7-10(9-2-3-9)4-5-12(11)13(8)14/h4-5,7-9H,2-3,6H2,1H3. The molecule has 0 radical (unpaired) electrons. The minimum atomic E-state index is 0.208. The molecule has 2 aliphatic rings. The van der Waals surface area contributed by atoms with Crippen molar-refractivity contribution in [2.45, 2.75) is 32.1 Å². The van der Waals surface area contributed by atoms with Crippen LogP contribution in [0, 0.1) is 5.92 Å². The van der Waals surface area contributed by atoms with E-state index < -0.39 is 0 Å². The number of carbonyl (C=O) groups is 1. The molecule has 0 N–H and O–H groups in total. The predicted molar refractivity (Wildman–Crippen MR) is 55.6 cm³/mol. The Kier molecular flexibility index (Phi) is 1.58. The van der Waals surface area contributed by atoms with Gasteiger partial charge >= 0.3 is 0 Å². The van der Waals surface area contributed by atoms with Crippen molar-refractivity contribution in [1.29, 1.82) is 0 Å². The summed E-state index contributed by atoms with van der Waals surface area (Å²) in [4.78, 5) is 11.7. The van der Waals surface area contributed by atoms with Crippen molar-refractivity contribution < 1.29 is 4.79 Å². The second-order valence-corrected chi connectivity index (χ2v) is 4.66. The van der Waals surface area contributed by atoms with Gasteiger partial charge in [-0.3, -0.25) is 4.79 Å². The van der Waals surface area contributed by atoms with E-state index >= 15 is 0 Å². The van der Waals surface area contributed by atoms with Crippen LogP contribution < -0.4 is 0 Å². The molecule has 1 atom stereocenters. The van der Waals surface area contributed by atoms with Gasteiger partial charge in [0.2, 0.25) is 0 Å². The third-order valence-electron chi connectivity index (χ3n) is 3.42. The monoisotopic (exact) mass is 186 g/mol. The van der Waals surface area contributed by atoms with E-state index in [4.69, 9.17) is 0 Å². The zero-order valence-electron chi connectivity index (χ0n) is 8.42. The molecular formula is C13H14O. The first-order valence-electron chi connectivity index (χ1n) is 5.43. The largest absolute Gasteiger partial charge is 0.294 e. The molecule has 0 amide bonds. The Morgan fingerprint density at radius 2 is 2.07 bits per heavy atom. The normalized spacial score (nSPS) is 25.2. The highest BCUT2D eigenvalue weighted by Gasteiger charge is 2.29. The number of hydrogen-bond donors (Lipinski definition) is 0. The Morgan fingerprint density at radius 3 is 2.79 bits per heavy atom. The van der Waals surface area contributed by atoms with E-state index in [0.717, 1.165) is 17.9 Å². The molecule has 2 aliphatic carbocycles. The molecule has 0 aliphatic heterocycles. The van der Waals surface area contributed by atoms with Crippen LogP contribution in [0.2, 0.25) is 0 Å². The Labute approximate surface area is 84.1 Å². The quantitative estimate of drug-likeness (QED) is 0.659. The van der Waals surface area contributed by atoms with Crippen LogP contribution in [0.15, 0.2) is 18.2 Å². The second-order valence-electron chi connectivity index (χ2n) is 4.66. The van der Waals surface area contributed by atoms with Crippen molar-refractivity contribution in [3.8, 4) is 0 Å². The van der Waals surface area contributed by atoms with Gasteiger partial charge in [0.05, 0.1) is 0 Å². The van der Waals surface area contributed by atoms with Crippen LogP contribution in [0.5, 0.6) is 0 Å². The molecule has 14 heavy (non-hydrogen) atoms. The van der Waals surface area contributed by atoms with Crippen molar-refractivity contribution in [2.75, 3.05) is 0 Å². The summed E-state index contributed by atoms with van der Waals surface area (Å²) < 4.78 is 0. The number of fused-ring (bicyclic) bond motifs is 1. The summed E-state index contributed by atoms with van der Waals surface area (Å²) in [5, 5.41) is 0. The molecule has 0 spiro atoms. The fraction of sp³-hybridized carbons (Fsp3) is 0.462. The maximum atomic E-state index is 11.7. The van der Waals surface area contributed by atoms with E-state index in [1.807, 2.05) is 13.0 Å². The van der Waals surface area contributed by atoms with E-state index in [-0.39, 0.29) is 5.92 Å². The summed E-state index contributed by atoms with van der Waals surface area (Å²) in [6, 6.07) is 6.44. The lowest BCUT2D eigenvalue weighted by atomic mass is 10.0. The molecule has 1 aromatic carbocycles. The van der Waals surface area contributed by atoms with Gasteiger partial charge in [0.15, 0.2) is 5.78 Å². The van der Waals surface area contributed by atoms with Gasteiger partial charge < -0.3 is 0 Å². The molecule has 1 nitrogen and oxygen atoms in total. The molecule has 1 unspecified atom stereocenters. The number of ketones is 1. The number of carbonyl (C=O) groups excluding carboxylic acids is 1. The highest BCUT2D eigenvalue weighted by atomic mass is 16.1. The SMILES string of the molecule is CC1Cc2cc(C3CC3)ccc2C1=O. The third kappa shape index (κ3) is 1.12.